The Labute approximate surface area is 132 Å². The Kier molecular flexibility index (Phi) is 5.82. The molecule has 0 aromatic carbocycles. The molecule has 2 unspecified atom stereocenters. The summed E-state index contributed by atoms with van der Waals surface area (Å²) >= 11 is 1.40. The van der Waals surface area contributed by atoms with E-state index in [1.807, 2.05) is 13.1 Å². The number of thiophene rings is 1. The van der Waals surface area contributed by atoms with Crippen molar-refractivity contribution in [1.82, 2.24) is 9.62 Å². The Morgan fingerprint density at radius 2 is 2.14 bits per heavy atom. The van der Waals surface area contributed by atoms with Gasteiger partial charge in [0.15, 0.2) is 0 Å². The van der Waals surface area contributed by atoms with Gasteiger partial charge in [-0.25, -0.2) is 8.42 Å². The van der Waals surface area contributed by atoms with Gasteiger partial charge in [-0.05, 0) is 50.9 Å². The van der Waals surface area contributed by atoms with E-state index in [9.17, 15) is 8.42 Å². The molecule has 1 aliphatic carbocycles. The van der Waals surface area contributed by atoms with Gasteiger partial charge in [-0.1, -0.05) is 19.8 Å². The van der Waals surface area contributed by atoms with Gasteiger partial charge in [0.05, 0.1) is 0 Å². The highest BCUT2D eigenvalue weighted by atomic mass is 32.2. The summed E-state index contributed by atoms with van der Waals surface area (Å²) in [5, 5.41) is 3.09. The van der Waals surface area contributed by atoms with Crippen molar-refractivity contribution in [3.63, 3.8) is 0 Å². The van der Waals surface area contributed by atoms with E-state index < -0.39 is 10.0 Å². The van der Waals surface area contributed by atoms with Crippen LogP contribution in [-0.2, 0) is 16.4 Å². The highest BCUT2D eigenvalue weighted by Gasteiger charge is 2.31. The molecule has 1 N–H and O–H groups in total. The molecule has 1 aliphatic rings. The lowest BCUT2D eigenvalue weighted by atomic mass is 9.87. The molecule has 6 heteroatoms. The number of likely N-dealkylation sites (N-methyl/N-ethyl adjacent to an activating group) is 1. The minimum atomic E-state index is -3.33. The molecule has 1 aromatic rings. The quantitative estimate of drug-likeness (QED) is 0.872. The van der Waals surface area contributed by atoms with Crippen LogP contribution in [0.5, 0.6) is 0 Å². The van der Waals surface area contributed by atoms with Crippen LogP contribution in [0.4, 0.5) is 0 Å². The highest BCUT2D eigenvalue weighted by molar-refractivity contribution is 7.91. The molecule has 1 fully saturated rings. The summed E-state index contributed by atoms with van der Waals surface area (Å²) in [5.74, 6) is 0.621. The molecule has 2 atom stereocenters. The van der Waals surface area contributed by atoms with E-state index >= 15 is 0 Å². The van der Waals surface area contributed by atoms with Crippen LogP contribution in [0.1, 0.15) is 37.5 Å². The summed E-state index contributed by atoms with van der Waals surface area (Å²) in [6, 6.07) is 3.85. The minimum Gasteiger partial charge on any atom is -0.319 e. The summed E-state index contributed by atoms with van der Waals surface area (Å²) in [6.07, 6.45) is 5.19. The first-order valence-corrected chi connectivity index (χ1v) is 9.92. The third-order valence-electron chi connectivity index (χ3n) is 4.31. The lowest BCUT2D eigenvalue weighted by molar-refractivity contribution is 0.239. The number of nitrogens with zero attached hydrogens (tertiary/aromatic N) is 1. The molecule has 4 nitrogen and oxygen atoms in total. The first-order valence-electron chi connectivity index (χ1n) is 7.66. The predicted octanol–water partition coefficient (Wildman–Crippen LogP) is 2.71. The van der Waals surface area contributed by atoms with Crippen LogP contribution < -0.4 is 5.32 Å². The molecular formula is C15H26N2O2S2. The van der Waals surface area contributed by atoms with Crippen molar-refractivity contribution >= 4 is 21.4 Å². The zero-order valence-electron chi connectivity index (χ0n) is 13.1. The molecule has 1 heterocycles. The third-order valence-corrected chi connectivity index (χ3v) is 7.84. The fraction of sp³-hybridized carbons (Fsp3) is 0.733. The molecule has 0 amide bonds. The number of nitrogens with one attached hydrogen (secondary N) is 1. The molecule has 0 aliphatic heterocycles. The van der Waals surface area contributed by atoms with Crippen molar-refractivity contribution in [2.75, 3.05) is 20.6 Å². The summed E-state index contributed by atoms with van der Waals surface area (Å²) in [4.78, 5) is 1.12. The lowest BCUT2D eigenvalue weighted by Gasteiger charge is -2.33. The number of rotatable bonds is 6. The maximum absolute atomic E-state index is 12.7. The normalized spacial score (nSPS) is 23.6. The highest BCUT2D eigenvalue weighted by Crippen LogP contribution is 2.32. The third kappa shape index (κ3) is 4.06. The number of sulfonamides is 1. The van der Waals surface area contributed by atoms with Gasteiger partial charge >= 0.3 is 0 Å². The van der Waals surface area contributed by atoms with Crippen LogP contribution in [0.25, 0.3) is 0 Å². The van der Waals surface area contributed by atoms with E-state index in [4.69, 9.17) is 0 Å². The van der Waals surface area contributed by atoms with Gasteiger partial charge in [-0.3, -0.25) is 0 Å². The van der Waals surface area contributed by atoms with Gasteiger partial charge in [0.25, 0.3) is 10.0 Å². The summed E-state index contributed by atoms with van der Waals surface area (Å²) < 4.78 is 27.6. The van der Waals surface area contributed by atoms with Crippen molar-refractivity contribution in [1.29, 1.82) is 0 Å². The van der Waals surface area contributed by atoms with Crippen LogP contribution in [0.3, 0.4) is 0 Å². The van der Waals surface area contributed by atoms with Crippen LogP contribution in [0, 0.1) is 5.92 Å². The van der Waals surface area contributed by atoms with Gasteiger partial charge in [0.1, 0.15) is 4.21 Å². The maximum Gasteiger partial charge on any atom is 0.252 e. The molecule has 120 valence electrons. The standard InChI is InChI=1S/C15H26N2O2S2/c1-12-5-4-6-13(11-12)17(3)21(18,19)15-8-7-14(20-15)9-10-16-2/h7-8,12-13,16H,4-6,9-11H2,1-3H3. The summed E-state index contributed by atoms with van der Waals surface area (Å²) in [6.45, 7) is 3.09. The second kappa shape index (κ2) is 7.22. The van der Waals surface area contributed by atoms with Gasteiger partial charge in [-0.15, -0.1) is 11.3 Å². The van der Waals surface area contributed by atoms with Crippen molar-refractivity contribution in [3.8, 4) is 0 Å². The van der Waals surface area contributed by atoms with Crippen molar-refractivity contribution in [3.05, 3.63) is 17.0 Å². The van der Waals surface area contributed by atoms with Crippen LogP contribution in [0.15, 0.2) is 16.3 Å². The number of hydrogen-bond acceptors (Lipinski definition) is 4. The van der Waals surface area contributed by atoms with Gasteiger partial charge < -0.3 is 5.32 Å². The minimum absolute atomic E-state index is 0.154. The Morgan fingerprint density at radius 3 is 2.81 bits per heavy atom. The van der Waals surface area contributed by atoms with Crippen molar-refractivity contribution in [2.45, 2.75) is 49.3 Å². The molecule has 0 saturated heterocycles. The van der Waals surface area contributed by atoms with Gasteiger partial charge in [0, 0.05) is 18.0 Å². The average molecular weight is 331 g/mol. The Morgan fingerprint density at radius 1 is 1.38 bits per heavy atom. The zero-order valence-corrected chi connectivity index (χ0v) is 14.8. The first kappa shape index (κ1) is 16.9. The Balaban J connectivity index is 2.11. The molecule has 1 saturated carbocycles. The van der Waals surface area contributed by atoms with E-state index in [-0.39, 0.29) is 6.04 Å². The predicted molar refractivity (Wildman–Crippen MR) is 88.3 cm³/mol. The lowest BCUT2D eigenvalue weighted by Crippen LogP contribution is -2.39. The van der Waals surface area contributed by atoms with Crippen molar-refractivity contribution < 1.29 is 8.42 Å². The topological polar surface area (TPSA) is 49.4 Å². The summed E-state index contributed by atoms with van der Waals surface area (Å²) in [7, 11) is 0.312. The van der Waals surface area contributed by atoms with Crippen LogP contribution in [-0.4, -0.2) is 39.4 Å². The molecule has 0 bridgehead atoms. The molecule has 1 aromatic heterocycles. The van der Waals surface area contributed by atoms with Crippen LogP contribution >= 0.6 is 11.3 Å². The fourth-order valence-electron chi connectivity index (χ4n) is 2.95. The van der Waals surface area contributed by atoms with E-state index in [2.05, 4.69) is 12.2 Å². The molecular weight excluding hydrogens is 304 g/mol. The molecule has 2 rings (SSSR count). The second-order valence-corrected chi connectivity index (χ2v) is 9.41. The first-order chi connectivity index (χ1) is 9.95. The Hall–Kier alpha value is -0.430. The van der Waals surface area contributed by atoms with E-state index in [1.165, 1.54) is 17.8 Å². The maximum atomic E-state index is 12.7. The summed E-state index contributed by atoms with van der Waals surface area (Å²) in [5.41, 5.74) is 0. The van der Waals surface area contributed by atoms with Crippen molar-refractivity contribution in [2.24, 2.45) is 5.92 Å². The molecule has 0 radical (unpaired) electrons. The van der Waals surface area contributed by atoms with E-state index in [1.54, 1.807) is 17.4 Å². The molecule has 0 spiro atoms. The smallest absolute Gasteiger partial charge is 0.252 e. The molecule has 21 heavy (non-hydrogen) atoms. The second-order valence-electron chi connectivity index (χ2n) is 6.02. The van der Waals surface area contributed by atoms with E-state index in [0.29, 0.717) is 10.1 Å². The van der Waals surface area contributed by atoms with Crippen LogP contribution in [0.2, 0.25) is 0 Å². The SMILES string of the molecule is CNCCc1ccc(S(=O)(=O)N(C)C2CCCC(C)C2)s1. The monoisotopic (exact) mass is 330 g/mol. The van der Waals surface area contributed by atoms with Gasteiger partial charge in [-0.2, -0.15) is 4.31 Å². The number of hydrogen-bond donors (Lipinski definition) is 1. The zero-order chi connectivity index (χ0) is 15.5. The van der Waals surface area contributed by atoms with E-state index in [0.717, 1.165) is 37.1 Å². The Bertz CT molecular complexity index is 554. The van der Waals surface area contributed by atoms with Gasteiger partial charge in [0.2, 0.25) is 0 Å². The average Bonchev–Trinajstić information content (AvgIpc) is 2.93. The largest absolute Gasteiger partial charge is 0.319 e. The fourth-order valence-corrected chi connectivity index (χ4v) is 5.89.